The molecule has 0 aromatic carbocycles. The van der Waals surface area contributed by atoms with Crippen LogP contribution in [0.2, 0.25) is 0 Å². The Morgan fingerprint density at radius 3 is 2.75 bits per heavy atom. The number of halogens is 1. The van der Waals surface area contributed by atoms with Gasteiger partial charge in [-0.05, 0) is 41.9 Å². The predicted molar refractivity (Wildman–Crippen MR) is 69.1 cm³/mol. The van der Waals surface area contributed by atoms with Gasteiger partial charge in [-0.1, -0.05) is 0 Å². The van der Waals surface area contributed by atoms with E-state index < -0.39 is 0 Å². The molecule has 0 aliphatic heterocycles. The van der Waals surface area contributed by atoms with Gasteiger partial charge in [0.1, 0.15) is 5.82 Å². The van der Waals surface area contributed by atoms with Crippen LogP contribution in [0.15, 0.2) is 26.8 Å². The molecule has 3 nitrogen and oxygen atoms in total. The Bertz CT molecular complexity index is 574. The molecule has 0 aliphatic carbocycles. The highest BCUT2D eigenvalue weighted by atomic mass is 79.9. The number of rotatable bonds is 2. The summed E-state index contributed by atoms with van der Waals surface area (Å²) in [5.74, 6) is 0.759. The molecule has 0 saturated heterocycles. The second kappa shape index (κ2) is 4.51. The number of thiophene rings is 1. The molecular weight excluding hydrogens is 288 g/mol. The molecule has 2 heterocycles. The van der Waals surface area contributed by atoms with Crippen LogP contribution in [-0.2, 0) is 6.54 Å². The van der Waals surface area contributed by atoms with Crippen molar-refractivity contribution in [1.29, 1.82) is 0 Å². The maximum absolute atomic E-state index is 11.8. The highest BCUT2D eigenvalue weighted by molar-refractivity contribution is 9.11. The van der Waals surface area contributed by atoms with Crippen LogP contribution in [0.25, 0.3) is 0 Å². The first-order valence-corrected chi connectivity index (χ1v) is 6.46. The van der Waals surface area contributed by atoms with Crippen LogP contribution < -0.4 is 5.56 Å². The molecule has 0 fully saturated rings. The van der Waals surface area contributed by atoms with Crippen molar-refractivity contribution in [3.05, 3.63) is 48.7 Å². The lowest BCUT2D eigenvalue weighted by molar-refractivity contribution is 0.701. The van der Waals surface area contributed by atoms with Gasteiger partial charge in [0.2, 0.25) is 0 Å². The van der Waals surface area contributed by atoms with Gasteiger partial charge in [0, 0.05) is 16.6 Å². The Labute approximate surface area is 106 Å². The van der Waals surface area contributed by atoms with E-state index in [4.69, 9.17) is 0 Å². The molecule has 16 heavy (non-hydrogen) atoms. The van der Waals surface area contributed by atoms with Gasteiger partial charge in [-0.15, -0.1) is 11.3 Å². The lowest BCUT2D eigenvalue weighted by Crippen LogP contribution is -2.23. The van der Waals surface area contributed by atoms with Crippen LogP contribution in [0.5, 0.6) is 0 Å². The van der Waals surface area contributed by atoms with Crippen molar-refractivity contribution in [3.63, 3.8) is 0 Å². The van der Waals surface area contributed by atoms with E-state index in [0.717, 1.165) is 20.2 Å². The second-order valence-electron chi connectivity index (χ2n) is 3.57. The zero-order valence-corrected chi connectivity index (χ0v) is 11.4. The lowest BCUT2D eigenvalue weighted by Gasteiger charge is -2.07. The van der Waals surface area contributed by atoms with Gasteiger partial charge in [0.05, 0.1) is 10.3 Å². The molecule has 0 saturated carbocycles. The number of hydrogen-bond donors (Lipinski definition) is 0. The summed E-state index contributed by atoms with van der Waals surface area (Å²) >= 11 is 5.04. The summed E-state index contributed by atoms with van der Waals surface area (Å²) in [6.07, 6.45) is 0. The topological polar surface area (TPSA) is 34.9 Å². The van der Waals surface area contributed by atoms with Gasteiger partial charge in [-0.2, -0.15) is 0 Å². The third kappa shape index (κ3) is 2.41. The first-order chi connectivity index (χ1) is 7.56. The van der Waals surface area contributed by atoms with Gasteiger partial charge in [0.15, 0.2) is 0 Å². The number of hydrogen-bond acceptors (Lipinski definition) is 3. The van der Waals surface area contributed by atoms with Gasteiger partial charge >= 0.3 is 0 Å². The molecule has 2 aromatic heterocycles. The quantitative estimate of drug-likeness (QED) is 0.854. The van der Waals surface area contributed by atoms with E-state index in [0.29, 0.717) is 6.54 Å². The molecule has 0 atom stereocenters. The van der Waals surface area contributed by atoms with Crippen LogP contribution in [0, 0.1) is 13.8 Å². The molecule has 0 amide bonds. The van der Waals surface area contributed by atoms with E-state index in [1.807, 2.05) is 26.0 Å². The second-order valence-corrected chi connectivity index (χ2v) is 6.12. The van der Waals surface area contributed by atoms with Gasteiger partial charge in [0.25, 0.3) is 5.56 Å². The number of aromatic nitrogens is 2. The van der Waals surface area contributed by atoms with E-state index >= 15 is 0 Å². The summed E-state index contributed by atoms with van der Waals surface area (Å²) in [7, 11) is 0. The average molecular weight is 299 g/mol. The summed E-state index contributed by atoms with van der Waals surface area (Å²) in [6, 6.07) is 5.57. The standard InChI is InChI=1S/C11H11BrN2OS/c1-7-5-11(15)14(8(2)13-7)6-9-3-4-10(12)16-9/h3-5H,6H2,1-2H3. The zero-order chi connectivity index (χ0) is 11.7. The Hall–Kier alpha value is -0.940. The third-order valence-electron chi connectivity index (χ3n) is 2.27. The summed E-state index contributed by atoms with van der Waals surface area (Å²) in [5, 5.41) is 0. The summed E-state index contributed by atoms with van der Waals surface area (Å²) in [5.41, 5.74) is 0.778. The van der Waals surface area contributed by atoms with E-state index in [1.54, 1.807) is 22.0 Å². The smallest absolute Gasteiger partial charge is 0.254 e. The van der Waals surface area contributed by atoms with Crippen molar-refractivity contribution >= 4 is 27.3 Å². The van der Waals surface area contributed by atoms with Crippen molar-refractivity contribution in [2.24, 2.45) is 0 Å². The van der Waals surface area contributed by atoms with Crippen molar-refractivity contribution in [2.45, 2.75) is 20.4 Å². The average Bonchev–Trinajstić information content (AvgIpc) is 2.58. The SMILES string of the molecule is Cc1cc(=O)n(Cc2ccc(Br)s2)c(C)n1. The van der Waals surface area contributed by atoms with Crippen LogP contribution in [-0.4, -0.2) is 9.55 Å². The monoisotopic (exact) mass is 298 g/mol. The maximum atomic E-state index is 11.8. The molecule has 0 N–H and O–H groups in total. The Morgan fingerprint density at radius 1 is 1.44 bits per heavy atom. The molecule has 5 heteroatoms. The Balaban J connectivity index is 2.38. The minimum Gasteiger partial charge on any atom is -0.292 e. The molecule has 84 valence electrons. The minimum atomic E-state index is 0.00882. The predicted octanol–water partition coefficient (Wildman–Crippen LogP) is 2.73. The van der Waals surface area contributed by atoms with Crippen molar-refractivity contribution in [2.75, 3.05) is 0 Å². The van der Waals surface area contributed by atoms with E-state index in [2.05, 4.69) is 20.9 Å². The highest BCUT2D eigenvalue weighted by Crippen LogP contribution is 2.22. The van der Waals surface area contributed by atoms with Crippen molar-refractivity contribution in [1.82, 2.24) is 9.55 Å². The molecule has 0 bridgehead atoms. The first-order valence-electron chi connectivity index (χ1n) is 4.85. The van der Waals surface area contributed by atoms with Crippen LogP contribution in [0.1, 0.15) is 16.4 Å². The molecule has 2 rings (SSSR count). The molecule has 0 unspecified atom stereocenters. The summed E-state index contributed by atoms with van der Waals surface area (Å²) < 4.78 is 2.76. The first kappa shape index (κ1) is 11.5. The minimum absolute atomic E-state index is 0.00882. The number of nitrogens with zero attached hydrogens (tertiary/aromatic N) is 2. The Kier molecular flexibility index (Phi) is 3.25. The van der Waals surface area contributed by atoms with Gasteiger partial charge in [-0.3, -0.25) is 9.36 Å². The fraction of sp³-hybridized carbons (Fsp3) is 0.273. The van der Waals surface area contributed by atoms with Gasteiger partial charge < -0.3 is 0 Å². The van der Waals surface area contributed by atoms with Crippen LogP contribution >= 0.6 is 27.3 Å². The number of aryl methyl sites for hydroxylation is 2. The van der Waals surface area contributed by atoms with E-state index in [1.165, 1.54) is 0 Å². The van der Waals surface area contributed by atoms with Crippen molar-refractivity contribution in [3.8, 4) is 0 Å². The van der Waals surface area contributed by atoms with E-state index in [9.17, 15) is 4.79 Å². The summed E-state index contributed by atoms with van der Waals surface area (Å²) in [6.45, 7) is 4.28. The molecule has 0 spiro atoms. The fourth-order valence-electron chi connectivity index (χ4n) is 1.55. The molecule has 2 aromatic rings. The fourth-order valence-corrected chi connectivity index (χ4v) is 3.02. The zero-order valence-electron chi connectivity index (χ0n) is 9.03. The van der Waals surface area contributed by atoms with E-state index in [-0.39, 0.29) is 5.56 Å². The normalized spacial score (nSPS) is 10.7. The summed E-state index contributed by atoms with van der Waals surface area (Å²) in [4.78, 5) is 17.2. The maximum Gasteiger partial charge on any atom is 0.254 e. The Morgan fingerprint density at radius 2 is 2.19 bits per heavy atom. The van der Waals surface area contributed by atoms with Gasteiger partial charge in [-0.25, -0.2) is 4.98 Å². The molecule has 0 radical (unpaired) electrons. The largest absolute Gasteiger partial charge is 0.292 e. The van der Waals surface area contributed by atoms with Crippen molar-refractivity contribution < 1.29 is 0 Å². The van der Waals surface area contributed by atoms with Crippen LogP contribution in [0.4, 0.5) is 0 Å². The highest BCUT2D eigenvalue weighted by Gasteiger charge is 2.05. The molecule has 0 aliphatic rings. The lowest BCUT2D eigenvalue weighted by atomic mass is 10.4. The van der Waals surface area contributed by atoms with Crippen LogP contribution in [0.3, 0.4) is 0 Å². The third-order valence-corrected chi connectivity index (χ3v) is 3.88. The molecular formula is C11H11BrN2OS.